The molecule has 0 radical (unpaired) electrons. The Bertz CT molecular complexity index is 1060. The minimum Gasteiger partial charge on any atom is -0.350 e. The summed E-state index contributed by atoms with van der Waals surface area (Å²) < 4.78 is 0. The van der Waals surface area contributed by atoms with Crippen LogP contribution in [0.15, 0.2) is 84.7 Å². The van der Waals surface area contributed by atoms with Crippen LogP contribution in [0.3, 0.4) is 0 Å². The molecule has 0 bridgehead atoms. The monoisotopic (exact) mass is 369 g/mol. The lowest BCUT2D eigenvalue weighted by Gasteiger charge is -2.15. The fraction of sp³-hybridized carbons (Fsp3) is 0.0870. The highest BCUT2D eigenvalue weighted by Gasteiger charge is 2.39. The fourth-order valence-corrected chi connectivity index (χ4v) is 3.21. The van der Waals surface area contributed by atoms with Crippen LogP contribution in [-0.2, 0) is 16.1 Å². The largest absolute Gasteiger partial charge is 0.350 e. The third kappa shape index (κ3) is 3.30. The van der Waals surface area contributed by atoms with Crippen molar-refractivity contribution in [2.75, 3.05) is 5.32 Å². The van der Waals surface area contributed by atoms with Gasteiger partial charge < -0.3 is 5.32 Å². The Morgan fingerprint density at radius 3 is 2.29 bits per heavy atom. The zero-order valence-electron chi connectivity index (χ0n) is 15.4. The molecule has 0 unspecified atom stereocenters. The molecule has 1 aliphatic rings. The van der Waals surface area contributed by atoms with Crippen molar-refractivity contribution >= 4 is 23.1 Å². The first-order chi connectivity index (χ1) is 13.6. The number of nitrogens with zero attached hydrogens (tertiary/aromatic N) is 2. The number of amides is 2. The van der Waals surface area contributed by atoms with Gasteiger partial charge in [-0.05, 0) is 36.2 Å². The molecule has 1 aromatic heterocycles. The molecule has 4 rings (SSSR count). The van der Waals surface area contributed by atoms with Crippen LogP contribution in [0, 0.1) is 6.92 Å². The molecule has 5 heteroatoms. The minimum absolute atomic E-state index is 0.133. The number of aromatic nitrogens is 1. The zero-order chi connectivity index (χ0) is 19.5. The molecular formula is C23H19N3O2. The summed E-state index contributed by atoms with van der Waals surface area (Å²) in [6.45, 7) is 2.09. The van der Waals surface area contributed by atoms with E-state index in [0.717, 1.165) is 11.3 Å². The Labute approximate surface area is 163 Å². The van der Waals surface area contributed by atoms with E-state index in [9.17, 15) is 9.59 Å². The molecule has 138 valence electrons. The molecule has 0 aliphatic carbocycles. The topological polar surface area (TPSA) is 62.3 Å². The highest BCUT2D eigenvalue weighted by Crippen LogP contribution is 2.31. The molecular weight excluding hydrogens is 350 g/mol. The number of hydrogen-bond donors (Lipinski definition) is 1. The van der Waals surface area contributed by atoms with E-state index >= 15 is 0 Å². The van der Waals surface area contributed by atoms with Gasteiger partial charge in [0.15, 0.2) is 0 Å². The van der Waals surface area contributed by atoms with E-state index < -0.39 is 0 Å². The average Bonchev–Trinajstić information content (AvgIpc) is 2.95. The van der Waals surface area contributed by atoms with Gasteiger partial charge in [-0.2, -0.15) is 0 Å². The lowest BCUT2D eigenvalue weighted by atomic mass is 10.0. The highest BCUT2D eigenvalue weighted by atomic mass is 16.2. The number of anilines is 1. The molecule has 0 atom stereocenters. The van der Waals surface area contributed by atoms with Gasteiger partial charge in [0.05, 0.1) is 17.8 Å². The van der Waals surface area contributed by atoms with Crippen molar-refractivity contribution in [3.05, 3.63) is 102 Å². The Morgan fingerprint density at radius 2 is 1.57 bits per heavy atom. The maximum absolute atomic E-state index is 13.2. The van der Waals surface area contributed by atoms with E-state index in [1.807, 2.05) is 67.6 Å². The van der Waals surface area contributed by atoms with Gasteiger partial charge in [0.2, 0.25) is 0 Å². The molecule has 1 N–H and O–H groups in total. The van der Waals surface area contributed by atoms with Crippen LogP contribution in [0.1, 0.15) is 16.8 Å². The molecule has 3 aromatic rings. The van der Waals surface area contributed by atoms with Crippen LogP contribution in [0.2, 0.25) is 0 Å². The number of carbonyl (C=O) groups is 2. The van der Waals surface area contributed by atoms with E-state index in [4.69, 9.17) is 0 Å². The fourth-order valence-electron chi connectivity index (χ4n) is 3.21. The normalized spacial score (nSPS) is 14.0. The molecule has 0 fully saturated rings. The molecule has 5 nitrogen and oxygen atoms in total. The summed E-state index contributed by atoms with van der Waals surface area (Å²) >= 11 is 0. The third-order valence-electron chi connectivity index (χ3n) is 4.68. The zero-order valence-corrected chi connectivity index (χ0v) is 15.4. The Hall–Kier alpha value is -3.73. The Kier molecular flexibility index (Phi) is 4.72. The predicted octanol–water partition coefficient (Wildman–Crippen LogP) is 3.78. The van der Waals surface area contributed by atoms with E-state index in [0.29, 0.717) is 22.5 Å². The van der Waals surface area contributed by atoms with Gasteiger partial charge >= 0.3 is 0 Å². The van der Waals surface area contributed by atoms with Crippen LogP contribution in [0.5, 0.6) is 0 Å². The summed E-state index contributed by atoms with van der Waals surface area (Å²) in [6, 6.07) is 22.4. The Morgan fingerprint density at radius 1 is 0.857 bits per heavy atom. The van der Waals surface area contributed by atoms with Crippen molar-refractivity contribution in [1.82, 2.24) is 9.88 Å². The molecule has 1 aliphatic heterocycles. The first-order valence-electron chi connectivity index (χ1n) is 9.03. The average molecular weight is 369 g/mol. The summed E-state index contributed by atoms with van der Waals surface area (Å²) in [4.78, 5) is 31.9. The van der Waals surface area contributed by atoms with Gasteiger partial charge in [0.1, 0.15) is 5.70 Å². The molecule has 28 heavy (non-hydrogen) atoms. The van der Waals surface area contributed by atoms with Gasteiger partial charge in [-0.15, -0.1) is 0 Å². The van der Waals surface area contributed by atoms with Crippen molar-refractivity contribution in [2.45, 2.75) is 13.5 Å². The minimum atomic E-state index is -0.349. The second-order valence-electron chi connectivity index (χ2n) is 6.57. The quantitative estimate of drug-likeness (QED) is 0.695. The number of nitrogens with one attached hydrogen (secondary N) is 1. The number of benzene rings is 2. The van der Waals surface area contributed by atoms with Crippen molar-refractivity contribution in [3.8, 4) is 0 Å². The van der Waals surface area contributed by atoms with Crippen LogP contribution < -0.4 is 5.32 Å². The smallest absolute Gasteiger partial charge is 0.278 e. The summed E-state index contributed by atoms with van der Waals surface area (Å²) in [5, 5.41) is 3.20. The van der Waals surface area contributed by atoms with Crippen LogP contribution in [0.25, 0.3) is 5.57 Å². The van der Waals surface area contributed by atoms with E-state index in [2.05, 4.69) is 10.3 Å². The third-order valence-corrected chi connectivity index (χ3v) is 4.68. The van der Waals surface area contributed by atoms with Crippen molar-refractivity contribution in [3.63, 3.8) is 0 Å². The van der Waals surface area contributed by atoms with Crippen LogP contribution in [0.4, 0.5) is 5.69 Å². The molecule has 0 saturated carbocycles. The second-order valence-corrected chi connectivity index (χ2v) is 6.57. The van der Waals surface area contributed by atoms with Gasteiger partial charge in [-0.3, -0.25) is 19.5 Å². The number of aryl methyl sites for hydroxylation is 1. The maximum Gasteiger partial charge on any atom is 0.278 e. The number of pyridine rings is 1. The van der Waals surface area contributed by atoms with Crippen molar-refractivity contribution in [1.29, 1.82) is 0 Å². The predicted molar refractivity (Wildman–Crippen MR) is 108 cm³/mol. The van der Waals surface area contributed by atoms with E-state index in [1.54, 1.807) is 18.3 Å². The number of carbonyl (C=O) groups excluding carboxylic acids is 2. The van der Waals surface area contributed by atoms with E-state index in [-0.39, 0.29) is 18.4 Å². The van der Waals surface area contributed by atoms with Gasteiger partial charge in [-0.25, -0.2) is 0 Å². The second kappa shape index (κ2) is 7.48. The number of para-hydroxylation sites is 1. The summed E-state index contributed by atoms with van der Waals surface area (Å²) in [5.41, 5.74) is 3.83. The number of rotatable bonds is 5. The van der Waals surface area contributed by atoms with Gasteiger partial charge in [0.25, 0.3) is 11.8 Å². The van der Waals surface area contributed by atoms with Crippen LogP contribution >= 0.6 is 0 Å². The first kappa shape index (κ1) is 17.7. The molecule has 0 spiro atoms. The standard InChI is InChI=1S/C23H19N3O2/c1-16-9-5-6-13-19(16)25-21-20(17-10-3-2-4-11-17)22(27)26(23(21)28)15-18-12-7-8-14-24-18/h2-14,25H,15H2,1H3. The maximum atomic E-state index is 13.2. The summed E-state index contributed by atoms with van der Waals surface area (Å²) in [5.74, 6) is -0.671. The van der Waals surface area contributed by atoms with E-state index in [1.165, 1.54) is 4.90 Å². The lowest BCUT2D eigenvalue weighted by Crippen LogP contribution is -2.32. The Balaban J connectivity index is 1.75. The summed E-state index contributed by atoms with van der Waals surface area (Å²) in [6.07, 6.45) is 1.65. The highest BCUT2D eigenvalue weighted by molar-refractivity contribution is 6.36. The van der Waals surface area contributed by atoms with Gasteiger partial charge in [0, 0.05) is 11.9 Å². The number of hydrogen-bond acceptors (Lipinski definition) is 4. The molecule has 0 saturated heterocycles. The molecule has 2 amide bonds. The SMILES string of the molecule is Cc1ccccc1NC1=C(c2ccccc2)C(=O)N(Cc2ccccn2)C1=O. The van der Waals surface area contributed by atoms with Crippen molar-refractivity contribution in [2.24, 2.45) is 0 Å². The summed E-state index contributed by atoms with van der Waals surface area (Å²) in [7, 11) is 0. The molecule has 2 aromatic carbocycles. The van der Waals surface area contributed by atoms with Crippen LogP contribution in [-0.4, -0.2) is 21.7 Å². The molecule has 2 heterocycles. The number of imide groups is 1. The van der Waals surface area contributed by atoms with Gasteiger partial charge in [-0.1, -0.05) is 54.6 Å². The lowest BCUT2D eigenvalue weighted by molar-refractivity contribution is -0.137. The first-order valence-corrected chi connectivity index (χ1v) is 9.03. The van der Waals surface area contributed by atoms with Crippen molar-refractivity contribution < 1.29 is 9.59 Å².